The van der Waals surface area contributed by atoms with Gasteiger partial charge in [-0.05, 0) is 42.8 Å². The number of hydrogen-bond acceptors (Lipinski definition) is 5. The zero-order valence-electron chi connectivity index (χ0n) is 16.0. The molecule has 2 aromatic carbocycles. The molecule has 0 aromatic heterocycles. The fourth-order valence-corrected chi connectivity index (χ4v) is 3.30. The Hall–Kier alpha value is -2.73. The fourth-order valence-electron chi connectivity index (χ4n) is 3.12. The van der Waals surface area contributed by atoms with Gasteiger partial charge in [-0.15, -0.1) is 0 Å². The van der Waals surface area contributed by atoms with Crippen molar-refractivity contribution in [2.24, 2.45) is 0 Å². The largest absolute Gasteiger partial charge is 0.483 e. The number of ether oxygens (including phenoxy) is 2. The van der Waals surface area contributed by atoms with Crippen LogP contribution in [0.2, 0.25) is 5.02 Å². The van der Waals surface area contributed by atoms with Crippen LogP contribution in [0.3, 0.4) is 0 Å². The van der Waals surface area contributed by atoms with Gasteiger partial charge in [-0.25, -0.2) is 4.79 Å². The number of carbonyl (C=O) groups is 2. The summed E-state index contributed by atoms with van der Waals surface area (Å²) in [6.07, 6.45) is 0. The third-order valence-electron chi connectivity index (χ3n) is 4.77. The topological polar surface area (TPSA) is 59.1 Å². The summed E-state index contributed by atoms with van der Waals surface area (Å²) in [5.74, 6) is -0.00394. The zero-order chi connectivity index (χ0) is 20.1. The molecule has 1 aliphatic rings. The van der Waals surface area contributed by atoms with Crippen molar-refractivity contribution in [3.05, 3.63) is 58.6 Å². The van der Waals surface area contributed by atoms with Crippen LogP contribution in [0.15, 0.2) is 42.5 Å². The van der Waals surface area contributed by atoms with E-state index in [0.717, 1.165) is 24.3 Å². The standard InChI is InChI=1S/C21H23ClN2O4/c1-15-6-7-16(21(26)27-2)12-19(15)28-14-20(25)24-10-8-23(9-11-24)18-5-3-4-17(22)13-18/h3-7,12-13H,8-11,14H2,1-2H3. The van der Waals surface area contributed by atoms with Gasteiger partial charge in [-0.2, -0.15) is 0 Å². The Morgan fingerprint density at radius 2 is 1.82 bits per heavy atom. The minimum Gasteiger partial charge on any atom is -0.483 e. The smallest absolute Gasteiger partial charge is 0.337 e. The Morgan fingerprint density at radius 1 is 1.07 bits per heavy atom. The molecule has 0 radical (unpaired) electrons. The molecule has 1 aliphatic heterocycles. The Labute approximate surface area is 169 Å². The lowest BCUT2D eigenvalue weighted by Gasteiger charge is -2.36. The molecule has 2 aromatic rings. The van der Waals surface area contributed by atoms with E-state index >= 15 is 0 Å². The molecule has 1 heterocycles. The minimum atomic E-state index is -0.437. The third kappa shape index (κ3) is 4.75. The number of esters is 1. The van der Waals surface area contributed by atoms with Gasteiger partial charge in [0.25, 0.3) is 5.91 Å². The second kappa shape index (κ2) is 8.97. The van der Waals surface area contributed by atoms with E-state index in [1.807, 2.05) is 31.2 Å². The van der Waals surface area contributed by atoms with Crippen molar-refractivity contribution in [2.45, 2.75) is 6.92 Å². The molecular formula is C21H23ClN2O4. The maximum absolute atomic E-state index is 12.5. The molecule has 1 amide bonds. The van der Waals surface area contributed by atoms with Crippen LogP contribution in [0.25, 0.3) is 0 Å². The highest BCUT2D eigenvalue weighted by Crippen LogP contribution is 2.22. The number of carbonyl (C=O) groups excluding carboxylic acids is 2. The number of piperazine rings is 1. The maximum atomic E-state index is 12.5. The van der Waals surface area contributed by atoms with E-state index in [1.54, 1.807) is 23.1 Å². The van der Waals surface area contributed by atoms with Crippen molar-refractivity contribution in [1.29, 1.82) is 0 Å². The van der Waals surface area contributed by atoms with Gasteiger partial charge >= 0.3 is 5.97 Å². The second-order valence-electron chi connectivity index (χ2n) is 6.61. The lowest BCUT2D eigenvalue weighted by atomic mass is 10.1. The van der Waals surface area contributed by atoms with Crippen LogP contribution < -0.4 is 9.64 Å². The Balaban J connectivity index is 1.54. The summed E-state index contributed by atoms with van der Waals surface area (Å²) in [6, 6.07) is 12.8. The average molecular weight is 403 g/mol. The van der Waals surface area contributed by atoms with E-state index in [1.165, 1.54) is 7.11 Å². The highest BCUT2D eigenvalue weighted by molar-refractivity contribution is 6.30. The maximum Gasteiger partial charge on any atom is 0.337 e. The summed E-state index contributed by atoms with van der Waals surface area (Å²) < 4.78 is 10.4. The Bertz CT molecular complexity index is 863. The first-order chi connectivity index (χ1) is 13.5. The molecule has 0 unspecified atom stereocenters. The van der Waals surface area contributed by atoms with E-state index in [-0.39, 0.29) is 12.5 Å². The van der Waals surface area contributed by atoms with Crippen molar-refractivity contribution in [3.8, 4) is 5.75 Å². The van der Waals surface area contributed by atoms with Crippen LogP contribution in [-0.2, 0) is 9.53 Å². The molecule has 6 nitrogen and oxygen atoms in total. The predicted molar refractivity (Wildman–Crippen MR) is 108 cm³/mol. The number of benzene rings is 2. The zero-order valence-corrected chi connectivity index (χ0v) is 16.7. The summed E-state index contributed by atoms with van der Waals surface area (Å²) in [5, 5.41) is 0.703. The fraction of sp³-hybridized carbons (Fsp3) is 0.333. The van der Waals surface area contributed by atoms with Gasteiger partial charge < -0.3 is 19.3 Å². The van der Waals surface area contributed by atoms with E-state index in [4.69, 9.17) is 21.1 Å². The van der Waals surface area contributed by atoms with Crippen molar-refractivity contribution in [3.63, 3.8) is 0 Å². The van der Waals surface area contributed by atoms with Gasteiger partial charge in [0.2, 0.25) is 0 Å². The van der Waals surface area contributed by atoms with Crippen molar-refractivity contribution >= 4 is 29.2 Å². The molecule has 148 valence electrons. The summed E-state index contributed by atoms with van der Waals surface area (Å²) in [7, 11) is 1.33. The Morgan fingerprint density at radius 3 is 2.50 bits per heavy atom. The van der Waals surface area contributed by atoms with Gasteiger partial charge in [0.15, 0.2) is 6.61 Å². The number of halogens is 1. The first kappa shape index (κ1) is 20.0. The van der Waals surface area contributed by atoms with Crippen LogP contribution in [0.4, 0.5) is 5.69 Å². The first-order valence-corrected chi connectivity index (χ1v) is 9.46. The molecule has 0 atom stereocenters. The van der Waals surface area contributed by atoms with E-state index in [9.17, 15) is 9.59 Å². The molecule has 0 spiro atoms. The molecular weight excluding hydrogens is 380 g/mol. The summed E-state index contributed by atoms with van der Waals surface area (Å²) >= 11 is 6.06. The molecule has 1 fully saturated rings. The van der Waals surface area contributed by atoms with Gasteiger partial charge in [0, 0.05) is 36.9 Å². The van der Waals surface area contributed by atoms with Crippen molar-refractivity contribution in [2.75, 3.05) is 44.8 Å². The minimum absolute atomic E-state index is 0.0668. The predicted octanol–water partition coefficient (Wildman–Crippen LogP) is 3.16. The number of hydrogen-bond donors (Lipinski definition) is 0. The number of aryl methyl sites for hydroxylation is 1. The monoisotopic (exact) mass is 402 g/mol. The number of amides is 1. The van der Waals surface area contributed by atoms with Crippen LogP contribution in [-0.4, -0.2) is 56.7 Å². The van der Waals surface area contributed by atoms with Crippen LogP contribution >= 0.6 is 11.6 Å². The number of rotatable bonds is 5. The van der Waals surface area contributed by atoms with Gasteiger partial charge in [-0.1, -0.05) is 23.7 Å². The highest BCUT2D eigenvalue weighted by Gasteiger charge is 2.22. The number of anilines is 1. The molecule has 0 N–H and O–H groups in total. The lowest BCUT2D eigenvalue weighted by molar-refractivity contribution is -0.133. The summed E-state index contributed by atoms with van der Waals surface area (Å²) in [6.45, 7) is 4.52. The molecule has 3 rings (SSSR count). The number of methoxy groups -OCH3 is 1. The molecule has 7 heteroatoms. The van der Waals surface area contributed by atoms with Crippen LogP contribution in [0, 0.1) is 6.92 Å². The lowest BCUT2D eigenvalue weighted by Crippen LogP contribution is -2.50. The van der Waals surface area contributed by atoms with E-state index < -0.39 is 5.97 Å². The van der Waals surface area contributed by atoms with Crippen LogP contribution in [0.5, 0.6) is 5.75 Å². The third-order valence-corrected chi connectivity index (χ3v) is 5.00. The average Bonchev–Trinajstić information content (AvgIpc) is 2.72. The molecule has 28 heavy (non-hydrogen) atoms. The summed E-state index contributed by atoms with van der Waals surface area (Å²) in [5.41, 5.74) is 2.31. The molecule has 0 bridgehead atoms. The van der Waals surface area contributed by atoms with E-state index in [2.05, 4.69) is 4.90 Å². The van der Waals surface area contributed by atoms with Gasteiger partial charge in [0.05, 0.1) is 12.7 Å². The van der Waals surface area contributed by atoms with Crippen LogP contribution in [0.1, 0.15) is 15.9 Å². The summed E-state index contributed by atoms with van der Waals surface area (Å²) in [4.78, 5) is 28.2. The van der Waals surface area contributed by atoms with Gasteiger partial charge in [-0.3, -0.25) is 4.79 Å². The van der Waals surface area contributed by atoms with E-state index in [0.29, 0.717) is 29.4 Å². The molecule has 0 saturated carbocycles. The highest BCUT2D eigenvalue weighted by atomic mass is 35.5. The second-order valence-corrected chi connectivity index (χ2v) is 7.04. The number of nitrogens with zero attached hydrogens (tertiary/aromatic N) is 2. The van der Waals surface area contributed by atoms with Crippen molar-refractivity contribution < 1.29 is 19.1 Å². The Kier molecular flexibility index (Phi) is 6.41. The first-order valence-electron chi connectivity index (χ1n) is 9.08. The quantitative estimate of drug-likeness (QED) is 0.719. The molecule has 1 saturated heterocycles. The molecule has 0 aliphatic carbocycles. The SMILES string of the molecule is COC(=O)c1ccc(C)c(OCC(=O)N2CCN(c3cccc(Cl)c3)CC2)c1. The van der Waals surface area contributed by atoms with Crippen molar-refractivity contribution in [1.82, 2.24) is 4.90 Å². The normalized spacial score (nSPS) is 14.0. The van der Waals surface area contributed by atoms with Gasteiger partial charge in [0.1, 0.15) is 5.75 Å².